The van der Waals surface area contributed by atoms with Gasteiger partial charge >= 0.3 is 0 Å². The van der Waals surface area contributed by atoms with Crippen LogP contribution in [-0.4, -0.2) is 14.5 Å². The van der Waals surface area contributed by atoms with Gasteiger partial charge in [-0.1, -0.05) is 12.1 Å². The van der Waals surface area contributed by atoms with Crippen molar-refractivity contribution in [3.63, 3.8) is 0 Å². The molecule has 0 radical (unpaired) electrons. The number of aryl methyl sites for hydroxylation is 1. The number of benzene rings is 2. The van der Waals surface area contributed by atoms with Crippen molar-refractivity contribution in [2.45, 2.75) is 13.5 Å². The van der Waals surface area contributed by atoms with Gasteiger partial charge < -0.3 is 4.57 Å². The van der Waals surface area contributed by atoms with Crippen molar-refractivity contribution < 1.29 is 8.78 Å². The van der Waals surface area contributed by atoms with Gasteiger partial charge in [0.1, 0.15) is 11.3 Å². The van der Waals surface area contributed by atoms with E-state index < -0.39 is 0 Å². The number of aromatic nitrogens is 3. The highest BCUT2D eigenvalue weighted by Crippen LogP contribution is 2.26. The molecule has 0 fully saturated rings. The van der Waals surface area contributed by atoms with Crippen LogP contribution in [0.15, 0.2) is 36.1 Å². The first-order chi connectivity index (χ1) is 10.6. The highest BCUT2D eigenvalue weighted by Gasteiger charge is 2.14. The molecule has 2 aromatic carbocycles. The molecule has 0 atom stereocenters. The number of fused-ring (bicyclic) bond motifs is 2. The number of halogens is 2. The number of rotatable bonds is 2. The summed E-state index contributed by atoms with van der Waals surface area (Å²) < 4.78 is 31.0. The smallest absolute Gasteiger partial charge is 0.152 e. The van der Waals surface area contributed by atoms with Crippen LogP contribution in [0.3, 0.4) is 0 Å². The summed E-state index contributed by atoms with van der Waals surface area (Å²) in [6, 6.07) is 6.94. The molecule has 110 valence electrons. The summed E-state index contributed by atoms with van der Waals surface area (Å²) in [6.07, 6.45) is 1.55. The van der Waals surface area contributed by atoms with Crippen LogP contribution in [0.1, 0.15) is 11.1 Å². The van der Waals surface area contributed by atoms with E-state index >= 15 is 0 Å². The molecule has 0 aliphatic heterocycles. The van der Waals surface area contributed by atoms with Crippen molar-refractivity contribution in [1.29, 1.82) is 0 Å². The van der Waals surface area contributed by atoms with Crippen LogP contribution in [0.2, 0.25) is 0 Å². The van der Waals surface area contributed by atoms with Gasteiger partial charge in [-0.15, -0.1) is 11.3 Å². The molecule has 0 saturated carbocycles. The zero-order chi connectivity index (χ0) is 15.3. The van der Waals surface area contributed by atoms with Crippen LogP contribution in [0.25, 0.3) is 21.3 Å². The average Bonchev–Trinajstić information content (AvgIpc) is 3.13. The lowest BCUT2D eigenvalue weighted by molar-refractivity contribution is 0.603. The molecule has 2 aromatic heterocycles. The topological polar surface area (TPSA) is 30.7 Å². The third kappa shape index (κ3) is 1.91. The highest BCUT2D eigenvalue weighted by atomic mass is 32.1. The Morgan fingerprint density at radius 2 is 1.86 bits per heavy atom. The number of hydrogen-bond donors (Lipinski definition) is 0. The summed E-state index contributed by atoms with van der Waals surface area (Å²) >= 11 is 1.26. The largest absolute Gasteiger partial charge is 0.324 e. The number of nitrogens with zero attached hydrogens (tertiary/aromatic N) is 3. The molecule has 0 aliphatic carbocycles. The second-order valence-corrected chi connectivity index (χ2v) is 6.03. The van der Waals surface area contributed by atoms with E-state index in [-0.39, 0.29) is 18.2 Å². The predicted octanol–water partition coefficient (Wildman–Crippen LogP) is 4.28. The summed E-state index contributed by atoms with van der Waals surface area (Å²) in [5.41, 5.74) is 4.28. The Kier molecular flexibility index (Phi) is 2.94. The van der Waals surface area contributed by atoms with Gasteiger partial charge in [0.05, 0.1) is 34.1 Å². The van der Waals surface area contributed by atoms with Gasteiger partial charge in [0, 0.05) is 5.56 Å². The Morgan fingerprint density at radius 3 is 2.73 bits per heavy atom. The van der Waals surface area contributed by atoms with Crippen LogP contribution in [0, 0.1) is 18.6 Å². The first kappa shape index (κ1) is 13.3. The lowest BCUT2D eigenvalue weighted by atomic mass is 10.1. The molecule has 0 spiro atoms. The second-order valence-electron chi connectivity index (χ2n) is 5.18. The van der Waals surface area contributed by atoms with Crippen molar-refractivity contribution in [1.82, 2.24) is 14.5 Å². The Hall–Kier alpha value is -2.34. The molecule has 4 rings (SSSR count). The van der Waals surface area contributed by atoms with Crippen LogP contribution in [-0.2, 0) is 6.54 Å². The van der Waals surface area contributed by atoms with Gasteiger partial charge in [0.2, 0.25) is 0 Å². The Bertz CT molecular complexity index is 1000. The monoisotopic (exact) mass is 315 g/mol. The van der Waals surface area contributed by atoms with Crippen LogP contribution in [0.4, 0.5) is 8.78 Å². The minimum atomic E-state index is -0.311. The zero-order valence-electron chi connectivity index (χ0n) is 11.7. The van der Waals surface area contributed by atoms with E-state index in [1.165, 1.54) is 11.3 Å². The molecular formula is C16H11F2N3S. The number of imidazole rings is 1. The van der Waals surface area contributed by atoms with Gasteiger partial charge in [-0.2, -0.15) is 0 Å². The van der Waals surface area contributed by atoms with Crippen molar-refractivity contribution in [2.75, 3.05) is 0 Å². The van der Waals surface area contributed by atoms with Crippen LogP contribution in [0.5, 0.6) is 0 Å². The molecule has 22 heavy (non-hydrogen) atoms. The van der Waals surface area contributed by atoms with Gasteiger partial charge in [-0.05, 0) is 24.6 Å². The van der Waals surface area contributed by atoms with Gasteiger partial charge in [0.25, 0.3) is 0 Å². The lowest BCUT2D eigenvalue weighted by Crippen LogP contribution is -2.02. The summed E-state index contributed by atoms with van der Waals surface area (Å²) in [4.78, 5) is 8.28. The first-order valence-corrected chi connectivity index (χ1v) is 7.63. The summed E-state index contributed by atoms with van der Waals surface area (Å²) in [5, 5.41) is 0. The van der Waals surface area contributed by atoms with Crippen molar-refractivity contribution >= 4 is 32.6 Å². The van der Waals surface area contributed by atoms with Crippen molar-refractivity contribution in [2.24, 2.45) is 0 Å². The van der Waals surface area contributed by atoms with E-state index in [0.29, 0.717) is 32.4 Å². The number of thiazole rings is 1. The fraction of sp³-hybridized carbons (Fsp3) is 0.125. The minimum absolute atomic E-state index is 0.233. The summed E-state index contributed by atoms with van der Waals surface area (Å²) in [6.45, 7) is 1.94. The second kappa shape index (κ2) is 4.84. The van der Waals surface area contributed by atoms with Crippen molar-refractivity contribution in [3.05, 3.63) is 58.9 Å². The molecule has 0 unspecified atom stereocenters. The standard InChI is InChI=1S/C16H11F2N3S/c1-9-2-4-11-15(13(9)17)21(7-19-11)6-10-3-5-12-16(14(10)18)22-8-20-12/h2-5,7-8H,6H2,1H3. The van der Waals surface area contributed by atoms with E-state index in [4.69, 9.17) is 0 Å². The summed E-state index contributed by atoms with van der Waals surface area (Å²) in [5.74, 6) is -0.607. The quantitative estimate of drug-likeness (QED) is 0.553. The Morgan fingerprint density at radius 1 is 1.05 bits per heavy atom. The van der Waals surface area contributed by atoms with E-state index in [2.05, 4.69) is 9.97 Å². The van der Waals surface area contributed by atoms with E-state index in [1.54, 1.807) is 47.6 Å². The van der Waals surface area contributed by atoms with Gasteiger partial charge in [-0.3, -0.25) is 0 Å². The molecule has 3 nitrogen and oxygen atoms in total. The molecule has 0 amide bonds. The average molecular weight is 315 g/mol. The molecule has 0 aliphatic rings. The first-order valence-electron chi connectivity index (χ1n) is 6.75. The minimum Gasteiger partial charge on any atom is -0.324 e. The molecule has 0 saturated heterocycles. The molecule has 0 N–H and O–H groups in total. The van der Waals surface area contributed by atoms with Crippen LogP contribution >= 0.6 is 11.3 Å². The molecule has 6 heteroatoms. The van der Waals surface area contributed by atoms with E-state index in [0.717, 1.165) is 0 Å². The Balaban J connectivity index is 1.86. The van der Waals surface area contributed by atoms with E-state index in [9.17, 15) is 8.78 Å². The third-order valence-electron chi connectivity index (χ3n) is 3.77. The lowest BCUT2D eigenvalue weighted by Gasteiger charge is -2.08. The van der Waals surface area contributed by atoms with Gasteiger partial charge in [-0.25, -0.2) is 18.7 Å². The maximum atomic E-state index is 14.5. The van der Waals surface area contributed by atoms with Gasteiger partial charge in [0.15, 0.2) is 5.82 Å². The summed E-state index contributed by atoms with van der Waals surface area (Å²) in [7, 11) is 0. The highest BCUT2D eigenvalue weighted by molar-refractivity contribution is 7.16. The Labute approximate surface area is 128 Å². The molecule has 0 bridgehead atoms. The van der Waals surface area contributed by atoms with E-state index in [1.807, 2.05) is 0 Å². The zero-order valence-corrected chi connectivity index (χ0v) is 12.5. The maximum Gasteiger partial charge on any atom is 0.152 e. The van der Waals surface area contributed by atoms with Crippen molar-refractivity contribution in [3.8, 4) is 0 Å². The normalized spacial score (nSPS) is 11.6. The fourth-order valence-electron chi connectivity index (χ4n) is 2.58. The molecule has 2 heterocycles. The van der Waals surface area contributed by atoms with Crippen LogP contribution < -0.4 is 0 Å². The third-order valence-corrected chi connectivity index (χ3v) is 4.61. The molecule has 4 aromatic rings. The fourth-order valence-corrected chi connectivity index (χ4v) is 3.33. The SMILES string of the molecule is Cc1ccc2ncn(Cc3ccc4ncsc4c3F)c2c1F. The predicted molar refractivity (Wildman–Crippen MR) is 83.1 cm³/mol. The number of hydrogen-bond acceptors (Lipinski definition) is 3. The maximum absolute atomic E-state index is 14.5. The molecular weight excluding hydrogens is 304 g/mol.